The number of hydrogen-bond acceptors (Lipinski definition) is 4. The van der Waals surface area contributed by atoms with Crippen LogP contribution >= 0.6 is 0 Å². The number of aromatic nitrogens is 2. The Morgan fingerprint density at radius 3 is 1.21 bits per heavy atom. The highest BCUT2D eigenvalue weighted by Crippen LogP contribution is 2.51. The van der Waals surface area contributed by atoms with Crippen LogP contribution in [-0.4, -0.2) is 16.7 Å². The average Bonchev–Trinajstić information content (AvgIpc) is 3.13. The molecule has 3 heterocycles. The molecular weight excluding hydrogens is 703 g/mol. The molecule has 300 valence electrons. The van der Waals surface area contributed by atoms with E-state index in [1.807, 2.05) is 0 Å². The van der Waals surface area contributed by atoms with Gasteiger partial charge in [-0.05, 0) is 146 Å². The molecular formula is C53H65BN4. The molecule has 0 atom stereocenters. The number of rotatable bonds is 2. The van der Waals surface area contributed by atoms with Gasteiger partial charge in [-0.3, -0.25) is 9.80 Å². The van der Waals surface area contributed by atoms with Crippen LogP contribution in [0.25, 0.3) is 0 Å². The van der Waals surface area contributed by atoms with Crippen LogP contribution < -0.4 is 26.2 Å². The number of hydrogen-bond donors (Lipinski definition) is 0. The van der Waals surface area contributed by atoms with Gasteiger partial charge < -0.3 is 0 Å². The maximum absolute atomic E-state index is 5.49. The van der Waals surface area contributed by atoms with Gasteiger partial charge in [-0.25, -0.2) is 9.97 Å². The second-order valence-corrected chi connectivity index (χ2v) is 23.0. The van der Waals surface area contributed by atoms with Crippen molar-refractivity contribution < 1.29 is 0 Å². The molecule has 0 N–H and O–H groups in total. The van der Waals surface area contributed by atoms with E-state index in [-0.39, 0.29) is 39.2 Å². The zero-order chi connectivity index (χ0) is 41.7. The summed E-state index contributed by atoms with van der Waals surface area (Å²) >= 11 is 0. The zero-order valence-electron chi connectivity index (χ0n) is 38.1. The molecule has 0 amide bonds. The summed E-state index contributed by atoms with van der Waals surface area (Å²) in [6.07, 6.45) is 4.72. The second kappa shape index (κ2) is 12.3. The SMILES string of the molecule is Cc1nc2c3c(n1)N(c1ccc4c(c1)C(C)(C)CCC4(C)C)c1cc(C(C)(C)C)ccc1B3c1ccc(C(C)(C)C)cc1N2c1ccc2c(c1)C(C)(C)CCC2(C)C. The largest absolute Gasteiger partial charge is 0.296 e. The lowest BCUT2D eigenvalue weighted by molar-refractivity contribution is 0.332. The fraction of sp³-hybridized carbons (Fsp3) is 0.472. The van der Waals surface area contributed by atoms with Gasteiger partial charge in [0.2, 0.25) is 0 Å². The summed E-state index contributed by atoms with van der Waals surface area (Å²) in [5.74, 6) is 2.77. The Hall–Kier alpha value is -4.38. The fourth-order valence-corrected chi connectivity index (χ4v) is 10.7. The molecule has 9 rings (SSSR count). The molecule has 0 saturated carbocycles. The summed E-state index contributed by atoms with van der Waals surface area (Å²) < 4.78 is 0. The molecule has 5 aromatic rings. The van der Waals surface area contributed by atoms with E-state index in [0.29, 0.717) is 0 Å². The van der Waals surface area contributed by atoms with Gasteiger partial charge in [-0.15, -0.1) is 0 Å². The van der Waals surface area contributed by atoms with Crippen LogP contribution in [-0.2, 0) is 32.5 Å². The standard InChI is InChI=1S/C53H65BN4/c1-32-55-46-45-47(56-32)58(36-19-21-38-40(31-36)53(14,15)27-25-51(38,10)11)44-29-34(49(5,6)7)17-23-42(44)54(45)41-22-16-33(48(2,3)4)28-43(41)57(46)35-18-20-37-39(30-35)52(12,13)26-24-50(37,8)9/h16-23,28-31H,24-27H2,1-15H3. The molecule has 4 aliphatic rings. The molecule has 0 spiro atoms. The van der Waals surface area contributed by atoms with Crippen molar-refractivity contribution in [2.45, 2.75) is 162 Å². The van der Waals surface area contributed by atoms with Gasteiger partial charge in [0.25, 0.3) is 6.71 Å². The predicted molar refractivity (Wildman–Crippen MR) is 249 cm³/mol. The van der Waals surface area contributed by atoms with Crippen molar-refractivity contribution in [3.8, 4) is 0 Å². The van der Waals surface area contributed by atoms with Gasteiger partial charge in [-0.2, -0.15) is 0 Å². The van der Waals surface area contributed by atoms with Crippen molar-refractivity contribution in [2.75, 3.05) is 9.80 Å². The van der Waals surface area contributed by atoms with Crippen molar-refractivity contribution in [3.05, 3.63) is 112 Å². The van der Waals surface area contributed by atoms with Crippen molar-refractivity contribution in [3.63, 3.8) is 0 Å². The number of fused-ring (bicyclic) bond motifs is 6. The first-order chi connectivity index (χ1) is 26.9. The van der Waals surface area contributed by atoms with E-state index in [4.69, 9.17) is 9.97 Å². The number of anilines is 6. The highest BCUT2D eigenvalue weighted by Gasteiger charge is 2.47. The maximum atomic E-state index is 5.49. The van der Waals surface area contributed by atoms with Crippen LogP contribution in [0.3, 0.4) is 0 Å². The molecule has 5 heteroatoms. The van der Waals surface area contributed by atoms with Crippen LogP contribution in [0.4, 0.5) is 34.4 Å². The Labute approximate surface area is 350 Å². The highest BCUT2D eigenvalue weighted by atomic mass is 15.3. The monoisotopic (exact) mass is 769 g/mol. The Morgan fingerprint density at radius 1 is 0.483 bits per heavy atom. The van der Waals surface area contributed by atoms with Crippen LogP contribution in [0, 0.1) is 6.92 Å². The molecule has 4 nitrogen and oxygen atoms in total. The van der Waals surface area contributed by atoms with E-state index in [2.05, 4.69) is 186 Å². The van der Waals surface area contributed by atoms with Gasteiger partial charge in [0.15, 0.2) is 0 Å². The number of nitrogens with zero attached hydrogens (tertiary/aromatic N) is 4. The third kappa shape index (κ3) is 5.91. The van der Waals surface area contributed by atoms with Gasteiger partial charge in [0.1, 0.15) is 17.5 Å². The van der Waals surface area contributed by atoms with E-state index in [1.165, 1.54) is 98.2 Å². The number of aryl methyl sites for hydroxylation is 1. The van der Waals surface area contributed by atoms with E-state index in [0.717, 1.165) is 17.5 Å². The van der Waals surface area contributed by atoms with E-state index >= 15 is 0 Å². The number of benzene rings is 4. The lowest BCUT2D eigenvalue weighted by Crippen LogP contribution is -2.62. The first-order valence-corrected chi connectivity index (χ1v) is 22.0. The summed E-state index contributed by atoms with van der Waals surface area (Å²) in [7, 11) is 0. The van der Waals surface area contributed by atoms with E-state index in [9.17, 15) is 0 Å². The summed E-state index contributed by atoms with van der Waals surface area (Å²) in [6, 6.07) is 29.1. The molecule has 0 bridgehead atoms. The minimum atomic E-state index is -0.0212. The fourth-order valence-electron chi connectivity index (χ4n) is 10.7. The molecule has 0 unspecified atom stereocenters. The lowest BCUT2D eigenvalue weighted by Gasteiger charge is -2.45. The van der Waals surface area contributed by atoms with Crippen molar-refractivity contribution in [1.29, 1.82) is 0 Å². The first kappa shape index (κ1) is 39.1. The topological polar surface area (TPSA) is 32.3 Å². The van der Waals surface area contributed by atoms with Crippen molar-refractivity contribution >= 4 is 57.5 Å². The van der Waals surface area contributed by atoms with Gasteiger partial charge in [-0.1, -0.05) is 133 Å². The smallest absolute Gasteiger partial charge is 0.256 e. The lowest BCUT2D eigenvalue weighted by atomic mass is 9.34. The molecule has 0 fully saturated rings. The van der Waals surface area contributed by atoms with Gasteiger partial charge in [0.05, 0.1) is 0 Å². The summed E-state index contributed by atoms with van der Waals surface area (Å²) in [5.41, 5.74) is 17.5. The Bertz CT molecular complexity index is 2350. The van der Waals surface area contributed by atoms with Gasteiger partial charge in [0, 0.05) is 28.2 Å². The molecule has 2 aliphatic heterocycles. The van der Waals surface area contributed by atoms with Gasteiger partial charge >= 0.3 is 0 Å². The third-order valence-corrected chi connectivity index (χ3v) is 14.8. The Morgan fingerprint density at radius 2 is 0.845 bits per heavy atom. The Balaban J connectivity index is 1.36. The molecule has 2 aliphatic carbocycles. The average molecular weight is 769 g/mol. The third-order valence-electron chi connectivity index (χ3n) is 14.8. The van der Waals surface area contributed by atoms with Crippen LogP contribution in [0.2, 0.25) is 0 Å². The Kier molecular flexibility index (Phi) is 8.32. The normalized spacial score (nSPS) is 19.5. The van der Waals surface area contributed by atoms with Crippen LogP contribution in [0.15, 0.2) is 72.8 Å². The molecule has 58 heavy (non-hydrogen) atoms. The quantitative estimate of drug-likeness (QED) is 0.164. The molecule has 4 aromatic carbocycles. The molecule has 0 saturated heterocycles. The van der Waals surface area contributed by atoms with Crippen LogP contribution in [0.1, 0.15) is 162 Å². The highest BCUT2D eigenvalue weighted by molar-refractivity contribution is 7.00. The summed E-state index contributed by atoms with van der Waals surface area (Å²) in [6.45, 7) is 35.4. The maximum Gasteiger partial charge on any atom is 0.256 e. The summed E-state index contributed by atoms with van der Waals surface area (Å²) in [5, 5.41) is 0. The van der Waals surface area contributed by atoms with Crippen molar-refractivity contribution in [1.82, 2.24) is 9.97 Å². The van der Waals surface area contributed by atoms with E-state index in [1.54, 1.807) is 0 Å². The van der Waals surface area contributed by atoms with Crippen molar-refractivity contribution in [2.24, 2.45) is 0 Å². The van der Waals surface area contributed by atoms with Crippen LogP contribution in [0.5, 0.6) is 0 Å². The summed E-state index contributed by atoms with van der Waals surface area (Å²) in [4.78, 5) is 16.0. The first-order valence-electron chi connectivity index (χ1n) is 22.0. The second-order valence-electron chi connectivity index (χ2n) is 23.0. The minimum Gasteiger partial charge on any atom is -0.296 e. The predicted octanol–water partition coefficient (Wildman–Crippen LogP) is 12.2. The zero-order valence-corrected chi connectivity index (χ0v) is 38.1. The molecule has 0 radical (unpaired) electrons. The molecule has 1 aromatic heterocycles. The minimum absolute atomic E-state index is 0.0206. The van der Waals surface area contributed by atoms with E-state index < -0.39 is 0 Å².